The molecule has 0 aliphatic heterocycles. The number of hydrogen-bond acceptors (Lipinski definition) is 3. The molecule has 1 aromatic carbocycles. The van der Waals surface area contributed by atoms with E-state index >= 15 is 0 Å². The van der Waals surface area contributed by atoms with Crippen LogP contribution in [0, 0.1) is 6.92 Å². The third-order valence-corrected chi connectivity index (χ3v) is 2.98. The lowest BCUT2D eigenvalue weighted by Crippen LogP contribution is -2.17. The molecule has 0 radical (unpaired) electrons. The molecule has 1 N–H and O–H groups in total. The van der Waals surface area contributed by atoms with Gasteiger partial charge in [-0.25, -0.2) is 0 Å². The van der Waals surface area contributed by atoms with Gasteiger partial charge in [-0.1, -0.05) is 17.3 Å². The van der Waals surface area contributed by atoms with E-state index < -0.39 is 17.3 Å². The third kappa shape index (κ3) is 2.70. The molecule has 0 fully saturated rings. The van der Waals surface area contributed by atoms with Crippen LogP contribution in [0.3, 0.4) is 0 Å². The Morgan fingerprint density at radius 1 is 1.10 bits per heavy atom. The van der Waals surface area contributed by atoms with Crippen LogP contribution >= 0.6 is 0 Å². The van der Waals surface area contributed by atoms with E-state index in [0.29, 0.717) is 22.6 Å². The second-order valence-corrected chi connectivity index (χ2v) is 5.12. The van der Waals surface area contributed by atoms with Crippen LogP contribution in [0.5, 0.6) is 0 Å². The monoisotopic (exact) mass is 285 g/mol. The summed E-state index contributed by atoms with van der Waals surface area (Å²) in [6, 6.07) is 4.62. The van der Waals surface area contributed by atoms with Gasteiger partial charge in [0.2, 0.25) is 0 Å². The molecule has 0 saturated heterocycles. The minimum Gasteiger partial charge on any atom is -0.384 e. The van der Waals surface area contributed by atoms with Crippen molar-refractivity contribution in [1.82, 2.24) is 5.16 Å². The Morgan fingerprint density at radius 3 is 2.05 bits per heavy atom. The summed E-state index contributed by atoms with van der Waals surface area (Å²) in [5.74, 6) is 0.357. The Balaban J connectivity index is 2.41. The number of aromatic nitrogens is 1. The van der Waals surface area contributed by atoms with E-state index in [2.05, 4.69) is 5.16 Å². The molecule has 0 aliphatic carbocycles. The Kier molecular flexibility index (Phi) is 3.37. The molecule has 0 unspecified atom stereocenters. The zero-order chi connectivity index (χ0) is 15.1. The molecule has 3 nitrogen and oxygen atoms in total. The summed E-state index contributed by atoms with van der Waals surface area (Å²) in [4.78, 5) is 0. The fraction of sp³-hybridized carbons (Fsp3) is 0.357. The zero-order valence-electron chi connectivity index (χ0n) is 11.2. The van der Waals surface area contributed by atoms with E-state index in [9.17, 15) is 18.3 Å². The molecule has 20 heavy (non-hydrogen) atoms. The zero-order valence-corrected chi connectivity index (χ0v) is 11.2. The molecule has 2 aromatic rings. The molecule has 0 saturated carbocycles. The fourth-order valence-corrected chi connectivity index (χ4v) is 1.99. The topological polar surface area (TPSA) is 46.3 Å². The van der Waals surface area contributed by atoms with Crippen LogP contribution in [-0.2, 0) is 11.8 Å². The SMILES string of the molecule is Cc1c(C(C)(C)O)noc1-c1ccc(C(F)(F)F)cc1. The van der Waals surface area contributed by atoms with Crippen molar-refractivity contribution in [3.05, 3.63) is 41.1 Å². The average molecular weight is 285 g/mol. The molecule has 0 amide bonds. The predicted molar refractivity (Wildman–Crippen MR) is 66.9 cm³/mol. The Labute approximate surface area is 114 Å². The van der Waals surface area contributed by atoms with Crippen LogP contribution in [0.4, 0.5) is 13.2 Å². The van der Waals surface area contributed by atoms with Crippen LogP contribution in [-0.4, -0.2) is 10.3 Å². The van der Waals surface area contributed by atoms with Crippen LogP contribution in [0.1, 0.15) is 30.7 Å². The lowest BCUT2D eigenvalue weighted by atomic mass is 9.98. The highest BCUT2D eigenvalue weighted by molar-refractivity contribution is 5.62. The van der Waals surface area contributed by atoms with Crippen molar-refractivity contribution in [2.45, 2.75) is 32.5 Å². The van der Waals surface area contributed by atoms with E-state index in [1.54, 1.807) is 20.8 Å². The summed E-state index contributed by atoms with van der Waals surface area (Å²) in [6.07, 6.45) is -4.37. The minimum absolute atomic E-state index is 0.357. The summed E-state index contributed by atoms with van der Waals surface area (Å²) >= 11 is 0. The van der Waals surface area contributed by atoms with Crippen LogP contribution < -0.4 is 0 Å². The number of aliphatic hydroxyl groups is 1. The molecule has 0 aliphatic rings. The number of alkyl halides is 3. The largest absolute Gasteiger partial charge is 0.416 e. The standard InChI is InChI=1S/C14H14F3NO2/c1-8-11(20-18-12(8)13(2,3)19)9-4-6-10(7-5-9)14(15,16)17/h4-7,19H,1-3H3. The van der Waals surface area contributed by atoms with Gasteiger partial charge in [-0.15, -0.1) is 0 Å². The smallest absolute Gasteiger partial charge is 0.384 e. The van der Waals surface area contributed by atoms with E-state index in [1.165, 1.54) is 12.1 Å². The Morgan fingerprint density at radius 2 is 1.65 bits per heavy atom. The molecule has 0 atom stereocenters. The highest BCUT2D eigenvalue weighted by Gasteiger charge is 2.31. The van der Waals surface area contributed by atoms with E-state index in [1.807, 2.05) is 0 Å². The number of benzene rings is 1. The molecule has 1 aromatic heterocycles. The molecule has 2 rings (SSSR count). The van der Waals surface area contributed by atoms with Gasteiger partial charge in [-0.3, -0.25) is 0 Å². The first-order valence-electron chi connectivity index (χ1n) is 5.97. The Hall–Kier alpha value is -1.82. The molecule has 6 heteroatoms. The number of halogens is 3. The summed E-state index contributed by atoms with van der Waals surface area (Å²) < 4.78 is 42.6. The van der Waals surface area contributed by atoms with Crippen molar-refractivity contribution in [3.8, 4) is 11.3 Å². The maximum atomic E-state index is 12.5. The van der Waals surface area contributed by atoms with Crippen molar-refractivity contribution in [2.75, 3.05) is 0 Å². The van der Waals surface area contributed by atoms with Crippen LogP contribution in [0.2, 0.25) is 0 Å². The van der Waals surface area contributed by atoms with Gasteiger partial charge in [0.05, 0.1) is 5.56 Å². The number of nitrogens with zero attached hydrogens (tertiary/aromatic N) is 1. The highest BCUT2D eigenvalue weighted by atomic mass is 19.4. The normalized spacial score (nSPS) is 12.8. The van der Waals surface area contributed by atoms with Crippen molar-refractivity contribution in [3.63, 3.8) is 0 Å². The number of rotatable bonds is 2. The molecule has 1 heterocycles. The maximum Gasteiger partial charge on any atom is 0.416 e. The van der Waals surface area contributed by atoms with Gasteiger partial charge >= 0.3 is 6.18 Å². The summed E-state index contributed by atoms with van der Waals surface area (Å²) in [7, 11) is 0. The van der Waals surface area contributed by atoms with Crippen molar-refractivity contribution in [2.24, 2.45) is 0 Å². The second kappa shape index (κ2) is 4.63. The molecule has 0 spiro atoms. The van der Waals surface area contributed by atoms with Gasteiger partial charge in [0.25, 0.3) is 0 Å². The van der Waals surface area contributed by atoms with E-state index in [4.69, 9.17) is 4.52 Å². The summed E-state index contributed by atoms with van der Waals surface area (Å²) in [6.45, 7) is 4.83. The predicted octanol–water partition coefficient (Wildman–Crippen LogP) is 3.90. The molecule has 0 bridgehead atoms. The first-order chi connectivity index (χ1) is 9.10. The van der Waals surface area contributed by atoms with Gasteiger partial charge in [-0.2, -0.15) is 13.2 Å². The first kappa shape index (κ1) is 14.6. The van der Waals surface area contributed by atoms with E-state index in [-0.39, 0.29) is 0 Å². The van der Waals surface area contributed by atoms with Crippen LogP contribution in [0.15, 0.2) is 28.8 Å². The van der Waals surface area contributed by atoms with Crippen LogP contribution in [0.25, 0.3) is 11.3 Å². The van der Waals surface area contributed by atoms with Gasteiger partial charge in [0, 0.05) is 11.1 Å². The molecular formula is C14H14F3NO2. The average Bonchev–Trinajstić information content (AvgIpc) is 2.70. The highest BCUT2D eigenvalue weighted by Crippen LogP contribution is 2.34. The summed E-state index contributed by atoms with van der Waals surface area (Å²) in [5.41, 5.74) is -0.429. The first-order valence-corrected chi connectivity index (χ1v) is 5.97. The number of hydrogen-bond donors (Lipinski definition) is 1. The maximum absolute atomic E-state index is 12.5. The lowest BCUT2D eigenvalue weighted by molar-refractivity contribution is -0.137. The van der Waals surface area contributed by atoms with Gasteiger partial charge in [-0.05, 0) is 32.9 Å². The van der Waals surface area contributed by atoms with Gasteiger partial charge < -0.3 is 9.63 Å². The van der Waals surface area contributed by atoms with Crippen molar-refractivity contribution >= 4 is 0 Å². The van der Waals surface area contributed by atoms with Gasteiger partial charge in [0.1, 0.15) is 11.3 Å². The second-order valence-electron chi connectivity index (χ2n) is 5.12. The van der Waals surface area contributed by atoms with Crippen molar-refractivity contribution in [1.29, 1.82) is 0 Å². The molecule has 108 valence electrons. The minimum atomic E-state index is -4.37. The van der Waals surface area contributed by atoms with Crippen molar-refractivity contribution < 1.29 is 22.8 Å². The Bertz CT molecular complexity index is 607. The fourth-order valence-electron chi connectivity index (χ4n) is 1.99. The quantitative estimate of drug-likeness (QED) is 0.910. The lowest BCUT2D eigenvalue weighted by Gasteiger charge is -2.13. The summed E-state index contributed by atoms with van der Waals surface area (Å²) in [5, 5.41) is 13.7. The van der Waals surface area contributed by atoms with Gasteiger partial charge in [0.15, 0.2) is 5.76 Å². The van der Waals surface area contributed by atoms with E-state index in [0.717, 1.165) is 12.1 Å². The molecular weight excluding hydrogens is 271 g/mol. The third-order valence-electron chi connectivity index (χ3n) is 2.98.